The van der Waals surface area contributed by atoms with Crippen LogP contribution in [0.2, 0.25) is 0 Å². The maximum atomic E-state index is 12.2. The molecule has 1 aromatic rings. The van der Waals surface area contributed by atoms with E-state index >= 15 is 0 Å². The fourth-order valence-electron chi connectivity index (χ4n) is 2.29. The summed E-state index contributed by atoms with van der Waals surface area (Å²) in [5.74, 6) is -0.594. The molecule has 8 heteroatoms. The van der Waals surface area contributed by atoms with Crippen molar-refractivity contribution in [2.45, 2.75) is 19.8 Å². The van der Waals surface area contributed by atoms with Crippen LogP contribution in [0.1, 0.15) is 30.1 Å². The van der Waals surface area contributed by atoms with Gasteiger partial charge in [-0.25, -0.2) is 0 Å². The van der Waals surface area contributed by atoms with E-state index in [-0.39, 0.29) is 22.8 Å². The van der Waals surface area contributed by atoms with E-state index < -0.39 is 4.92 Å². The van der Waals surface area contributed by atoms with Gasteiger partial charge in [0.1, 0.15) is 0 Å². The number of ether oxygens (including phenoxy) is 1. The molecule has 1 aliphatic rings. The van der Waals surface area contributed by atoms with Crippen molar-refractivity contribution in [2.75, 3.05) is 19.7 Å². The number of esters is 1. The summed E-state index contributed by atoms with van der Waals surface area (Å²) in [6.45, 7) is 3.05. The molecule has 1 fully saturated rings. The third-order valence-corrected chi connectivity index (χ3v) is 4.29. The molecular weight excluding hydrogens is 296 g/mol. The minimum atomic E-state index is -0.506. The lowest BCUT2D eigenvalue weighted by Crippen LogP contribution is -2.40. The molecule has 2 heterocycles. The molecule has 0 unspecified atom stereocenters. The summed E-state index contributed by atoms with van der Waals surface area (Å²) in [6.07, 6.45) is 1.13. The first-order valence-electron chi connectivity index (χ1n) is 6.71. The van der Waals surface area contributed by atoms with Crippen LogP contribution in [-0.2, 0) is 9.53 Å². The maximum absolute atomic E-state index is 12.2. The zero-order valence-electron chi connectivity index (χ0n) is 11.6. The standard InChI is InChI=1S/C13H16N2O5S/c1-2-20-13(17)9-3-5-14(6-4-9)12(16)10-7-11(15(18)19)21-8-10/h7-9H,2-6H2,1H3. The molecule has 0 atom stereocenters. The summed E-state index contributed by atoms with van der Waals surface area (Å²) in [4.78, 5) is 35.6. The first kappa shape index (κ1) is 15.4. The predicted molar refractivity (Wildman–Crippen MR) is 76.2 cm³/mol. The van der Waals surface area contributed by atoms with Gasteiger partial charge in [0.15, 0.2) is 0 Å². The van der Waals surface area contributed by atoms with Crippen molar-refractivity contribution in [1.82, 2.24) is 4.90 Å². The van der Waals surface area contributed by atoms with Crippen LogP contribution in [0.4, 0.5) is 5.00 Å². The van der Waals surface area contributed by atoms with Gasteiger partial charge in [-0.1, -0.05) is 11.3 Å². The minimum Gasteiger partial charge on any atom is -0.466 e. The highest BCUT2D eigenvalue weighted by Crippen LogP contribution is 2.25. The van der Waals surface area contributed by atoms with E-state index in [4.69, 9.17) is 4.74 Å². The van der Waals surface area contributed by atoms with E-state index in [0.29, 0.717) is 38.1 Å². The molecule has 1 amide bonds. The first-order valence-corrected chi connectivity index (χ1v) is 7.59. The Hall–Kier alpha value is -1.96. The first-order chi connectivity index (χ1) is 10.0. The van der Waals surface area contributed by atoms with E-state index in [0.717, 1.165) is 11.3 Å². The Morgan fingerprint density at radius 2 is 2.14 bits per heavy atom. The van der Waals surface area contributed by atoms with E-state index in [1.807, 2.05) is 0 Å². The number of nitro groups is 1. The molecule has 1 aromatic heterocycles. The highest BCUT2D eigenvalue weighted by Gasteiger charge is 2.29. The number of amides is 1. The predicted octanol–water partition coefficient (Wildman–Crippen LogP) is 2.07. The molecule has 0 aliphatic carbocycles. The van der Waals surface area contributed by atoms with Crippen LogP contribution >= 0.6 is 11.3 Å². The SMILES string of the molecule is CCOC(=O)C1CCN(C(=O)c2csc([N+](=O)[O-])c2)CC1. The summed E-state index contributed by atoms with van der Waals surface area (Å²) in [5, 5.41) is 12.1. The van der Waals surface area contributed by atoms with E-state index in [1.165, 1.54) is 11.4 Å². The molecule has 0 N–H and O–H groups in total. The number of hydrogen-bond donors (Lipinski definition) is 0. The third-order valence-electron chi connectivity index (χ3n) is 3.41. The fourth-order valence-corrected chi connectivity index (χ4v) is 2.99. The molecule has 7 nitrogen and oxygen atoms in total. The monoisotopic (exact) mass is 312 g/mol. The maximum Gasteiger partial charge on any atom is 0.324 e. The van der Waals surface area contributed by atoms with Gasteiger partial charge in [0.25, 0.3) is 5.91 Å². The smallest absolute Gasteiger partial charge is 0.324 e. The van der Waals surface area contributed by atoms with Crippen molar-refractivity contribution in [2.24, 2.45) is 5.92 Å². The molecule has 1 aliphatic heterocycles. The number of likely N-dealkylation sites (tertiary alicyclic amines) is 1. The van der Waals surface area contributed by atoms with Crippen molar-refractivity contribution in [3.63, 3.8) is 0 Å². The summed E-state index contributed by atoms with van der Waals surface area (Å²) in [5.41, 5.74) is 0.335. The van der Waals surface area contributed by atoms with Crippen LogP contribution in [0.5, 0.6) is 0 Å². The molecule has 0 bridgehead atoms. The highest BCUT2D eigenvalue weighted by atomic mass is 32.1. The van der Waals surface area contributed by atoms with E-state index in [9.17, 15) is 19.7 Å². The lowest BCUT2D eigenvalue weighted by atomic mass is 9.96. The molecule has 114 valence electrons. The van der Waals surface area contributed by atoms with Gasteiger partial charge in [-0.15, -0.1) is 0 Å². The van der Waals surface area contributed by atoms with Crippen molar-refractivity contribution in [3.8, 4) is 0 Å². The summed E-state index contributed by atoms with van der Waals surface area (Å²) in [7, 11) is 0. The van der Waals surface area contributed by atoms with E-state index in [1.54, 1.807) is 11.8 Å². The average Bonchev–Trinajstić information content (AvgIpc) is 2.97. The topological polar surface area (TPSA) is 89.8 Å². The zero-order chi connectivity index (χ0) is 15.4. The summed E-state index contributed by atoms with van der Waals surface area (Å²) < 4.78 is 4.98. The number of thiophene rings is 1. The second kappa shape index (κ2) is 6.66. The van der Waals surface area contributed by atoms with Crippen LogP contribution in [-0.4, -0.2) is 41.4 Å². The zero-order valence-corrected chi connectivity index (χ0v) is 12.4. The Balaban J connectivity index is 1.93. The van der Waals surface area contributed by atoms with Gasteiger partial charge in [0.05, 0.1) is 23.0 Å². The highest BCUT2D eigenvalue weighted by molar-refractivity contribution is 7.13. The number of hydrogen-bond acceptors (Lipinski definition) is 6. The Labute approximate surface area is 125 Å². The Bertz CT molecular complexity index is 549. The number of rotatable bonds is 4. The van der Waals surface area contributed by atoms with Gasteiger partial charge >= 0.3 is 11.0 Å². The average molecular weight is 312 g/mol. The van der Waals surface area contributed by atoms with Crippen molar-refractivity contribution >= 4 is 28.2 Å². The number of piperidine rings is 1. The number of nitrogens with zero attached hydrogens (tertiary/aromatic N) is 2. The van der Waals surface area contributed by atoms with Crippen molar-refractivity contribution in [3.05, 3.63) is 27.1 Å². The molecular formula is C13H16N2O5S. The molecule has 0 radical (unpaired) electrons. The van der Waals surface area contributed by atoms with Crippen molar-refractivity contribution < 1.29 is 19.2 Å². The third kappa shape index (κ3) is 3.57. The van der Waals surface area contributed by atoms with Gasteiger partial charge in [0.2, 0.25) is 0 Å². The lowest BCUT2D eigenvalue weighted by Gasteiger charge is -2.30. The Kier molecular flexibility index (Phi) is 4.89. The molecule has 0 saturated carbocycles. The molecule has 21 heavy (non-hydrogen) atoms. The van der Waals surface area contributed by atoms with Gasteiger partial charge in [-0.2, -0.15) is 0 Å². The van der Waals surface area contributed by atoms with Crippen LogP contribution < -0.4 is 0 Å². The number of carbonyl (C=O) groups is 2. The molecule has 2 rings (SSSR count). The Morgan fingerprint density at radius 1 is 1.48 bits per heavy atom. The van der Waals surface area contributed by atoms with Crippen molar-refractivity contribution in [1.29, 1.82) is 0 Å². The van der Waals surface area contributed by atoms with Crippen LogP contribution in [0, 0.1) is 16.0 Å². The summed E-state index contributed by atoms with van der Waals surface area (Å²) >= 11 is 0.941. The summed E-state index contributed by atoms with van der Waals surface area (Å²) in [6, 6.07) is 1.30. The van der Waals surface area contributed by atoms with Gasteiger partial charge in [0, 0.05) is 24.5 Å². The quantitative estimate of drug-likeness (QED) is 0.482. The number of carbonyl (C=O) groups excluding carboxylic acids is 2. The van der Waals surface area contributed by atoms with Gasteiger partial charge < -0.3 is 9.64 Å². The van der Waals surface area contributed by atoms with Crippen LogP contribution in [0.3, 0.4) is 0 Å². The molecule has 0 spiro atoms. The normalized spacial score (nSPS) is 15.8. The second-order valence-electron chi connectivity index (χ2n) is 4.75. The van der Waals surface area contributed by atoms with Crippen LogP contribution in [0.25, 0.3) is 0 Å². The van der Waals surface area contributed by atoms with Gasteiger partial charge in [-0.3, -0.25) is 19.7 Å². The Morgan fingerprint density at radius 3 is 2.67 bits per heavy atom. The molecule has 0 aromatic carbocycles. The largest absolute Gasteiger partial charge is 0.466 e. The van der Waals surface area contributed by atoms with Crippen LogP contribution in [0.15, 0.2) is 11.4 Å². The van der Waals surface area contributed by atoms with Gasteiger partial charge in [-0.05, 0) is 19.8 Å². The fraction of sp³-hybridized carbons (Fsp3) is 0.538. The van der Waals surface area contributed by atoms with E-state index in [2.05, 4.69) is 0 Å². The minimum absolute atomic E-state index is 0.0419. The second-order valence-corrected chi connectivity index (χ2v) is 5.64. The molecule has 1 saturated heterocycles. The lowest BCUT2D eigenvalue weighted by molar-refractivity contribution is -0.380.